The van der Waals surface area contributed by atoms with E-state index in [1.54, 1.807) is 6.92 Å². The van der Waals surface area contributed by atoms with Gasteiger partial charge < -0.3 is 0 Å². The molecule has 1 aromatic heterocycles. The summed E-state index contributed by atoms with van der Waals surface area (Å²) >= 11 is 0. The first-order valence-corrected chi connectivity index (χ1v) is 2.47. The summed E-state index contributed by atoms with van der Waals surface area (Å²) in [7, 11) is 0. The summed E-state index contributed by atoms with van der Waals surface area (Å²) in [6.07, 6.45) is 0. The molecular weight excluding hydrogens is 118 g/mol. The lowest BCUT2D eigenvalue weighted by atomic mass is 10.2. The number of H-pyrrole nitrogens is 1. The number of aromatic nitrogens is 4. The molecule has 5 heteroatoms. The van der Waals surface area contributed by atoms with Gasteiger partial charge in [0.25, 0.3) is 0 Å². The average Bonchev–Trinajstić information content (AvgIpc) is 2.37. The lowest BCUT2D eigenvalue weighted by molar-refractivity contribution is 0.861. The van der Waals surface area contributed by atoms with Gasteiger partial charge in [0.05, 0.1) is 6.07 Å². The van der Waals surface area contributed by atoms with Crippen LogP contribution < -0.4 is 0 Å². The van der Waals surface area contributed by atoms with E-state index in [0.717, 1.165) is 0 Å². The zero-order chi connectivity index (χ0) is 6.69. The molecule has 0 aromatic carbocycles. The van der Waals surface area contributed by atoms with E-state index in [4.69, 9.17) is 5.26 Å². The van der Waals surface area contributed by atoms with Crippen molar-refractivity contribution in [2.45, 2.75) is 12.8 Å². The van der Waals surface area contributed by atoms with Crippen LogP contribution in [-0.2, 0) is 0 Å². The quantitative estimate of drug-likeness (QED) is 0.562. The standard InChI is InChI=1S/C4H5N5/c1-3(2-5)4-6-8-9-7-4/h3H,1H3,(H,6,7,8,9). The SMILES string of the molecule is CC(C#N)c1nn[nH]n1. The van der Waals surface area contributed by atoms with Crippen molar-refractivity contribution < 1.29 is 0 Å². The molecule has 9 heavy (non-hydrogen) atoms. The molecule has 0 saturated heterocycles. The fourth-order valence-corrected chi connectivity index (χ4v) is 0.411. The number of rotatable bonds is 1. The lowest BCUT2D eigenvalue weighted by Gasteiger charge is -1.87. The Balaban J connectivity index is 2.80. The molecular formula is C4H5N5. The normalized spacial score (nSPS) is 12.4. The Morgan fingerprint density at radius 2 is 2.56 bits per heavy atom. The molecule has 0 saturated carbocycles. The van der Waals surface area contributed by atoms with Crippen LogP contribution in [0.25, 0.3) is 0 Å². The maximum atomic E-state index is 8.33. The molecule has 5 nitrogen and oxygen atoms in total. The number of aromatic amines is 1. The summed E-state index contributed by atoms with van der Waals surface area (Å²) in [6.45, 7) is 1.71. The van der Waals surface area contributed by atoms with Gasteiger partial charge in [-0.15, -0.1) is 10.2 Å². The first-order chi connectivity index (χ1) is 4.34. The number of tetrazole rings is 1. The number of nitrogens with one attached hydrogen (secondary N) is 1. The van der Waals surface area contributed by atoms with Gasteiger partial charge >= 0.3 is 0 Å². The minimum Gasteiger partial charge on any atom is -0.198 e. The summed E-state index contributed by atoms with van der Waals surface area (Å²) in [5.41, 5.74) is 0. The first-order valence-electron chi connectivity index (χ1n) is 2.47. The highest BCUT2D eigenvalue weighted by atomic mass is 15.5. The molecule has 1 heterocycles. The van der Waals surface area contributed by atoms with E-state index in [9.17, 15) is 0 Å². The monoisotopic (exact) mass is 123 g/mol. The van der Waals surface area contributed by atoms with E-state index in [1.807, 2.05) is 6.07 Å². The van der Waals surface area contributed by atoms with Crippen molar-refractivity contribution in [3.8, 4) is 6.07 Å². The third-order valence-electron chi connectivity index (χ3n) is 0.943. The van der Waals surface area contributed by atoms with Crippen LogP contribution in [0.15, 0.2) is 0 Å². The van der Waals surface area contributed by atoms with Crippen LogP contribution >= 0.6 is 0 Å². The Morgan fingerprint density at radius 1 is 1.78 bits per heavy atom. The lowest BCUT2D eigenvalue weighted by Crippen LogP contribution is -1.91. The van der Waals surface area contributed by atoms with E-state index in [1.165, 1.54) is 0 Å². The van der Waals surface area contributed by atoms with Crippen molar-refractivity contribution in [3.05, 3.63) is 5.82 Å². The van der Waals surface area contributed by atoms with Crippen molar-refractivity contribution in [2.75, 3.05) is 0 Å². The van der Waals surface area contributed by atoms with E-state index >= 15 is 0 Å². The van der Waals surface area contributed by atoms with E-state index in [0.29, 0.717) is 5.82 Å². The summed E-state index contributed by atoms with van der Waals surface area (Å²) in [6, 6.07) is 1.98. The molecule has 0 amide bonds. The van der Waals surface area contributed by atoms with Gasteiger partial charge in [-0.25, -0.2) is 0 Å². The molecule has 46 valence electrons. The maximum Gasteiger partial charge on any atom is 0.191 e. The first kappa shape index (κ1) is 5.69. The number of hydrogen-bond acceptors (Lipinski definition) is 4. The van der Waals surface area contributed by atoms with Gasteiger partial charge in [0, 0.05) is 0 Å². The van der Waals surface area contributed by atoms with Crippen LogP contribution in [0.1, 0.15) is 18.7 Å². The van der Waals surface area contributed by atoms with Crippen molar-refractivity contribution in [1.29, 1.82) is 5.26 Å². The Morgan fingerprint density at radius 3 is 3.00 bits per heavy atom. The summed E-state index contributed by atoms with van der Waals surface area (Å²) < 4.78 is 0. The van der Waals surface area contributed by atoms with Gasteiger partial charge in [-0.2, -0.15) is 10.5 Å². The second-order valence-electron chi connectivity index (χ2n) is 1.62. The highest BCUT2D eigenvalue weighted by Gasteiger charge is 2.06. The van der Waals surface area contributed by atoms with Crippen LogP contribution in [0, 0.1) is 11.3 Å². The highest BCUT2D eigenvalue weighted by Crippen LogP contribution is 2.03. The van der Waals surface area contributed by atoms with Crippen molar-refractivity contribution in [2.24, 2.45) is 0 Å². The minimum absolute atomic E-state index is 0.274. The molecule has 0 fully saturated rings. The van der Waals surface area contributed by atoms with Crippen LogP contribution in [0.2, 0.25) is 0 Å². The minimum atomic E-state index is -0.274. The molecule has 1 atom stereocenters. The Kier molecular flexibility index (Phi) is 1.40. The zero-order valence-corrected chi connectivity index (χ0v) is 4.87. The van der Waals surface area contributed by atoms with Gasteiger partial charge in [-0.05, 0) is 6.92 Å². The average molecular weight is 123 g/mol. The molecule has 1 rings (SSSR count). The number of hydrogen-bond donors (Lipinski definition) is 1. The summed E-state index contributed by atoms with van der Waals surface area (Å²) in [4.78, 5) is 0. The molecule has 0 spiro atoms. The second kappa shape index (κ2) is 2.22. The zero-order valence-electron chi connectivity index (χ0n) is 4.87. The summed E-state index contributed by atoms with van der Waals surface area (Å²) in [5.74, 6) is 0.168. The van der Waals surface area contributed by atoms with Crippen LogP contribution in [0.4, 0.5) is 0 Å². The van der Waals surface area contributed by atoms with E-state index in [2.05, 4.69) is 20.6 Å². The third kappa shape index (κ3) is 1.02. The third-order valence-corrected chi connectivity index (χ3v) is 0.943. The number of nitrogens with zero attached hydrogens (tertiary/aromatic N) is 4. The Labute approximate surface area is 51.7 Å². The molecule has 0 bridgehead atoms. The molecule has 1 unspecified atom stereocenters. The van der Waals surface area contributed by atoms with Gasteiger partial charge in [0.2, 0.25) is 0 Å². The second-order valence-corrected chi connectivity index (χ2v) is 1.62. The van der Waals surface area contributed by atoms with Crippen molar-refractivity contribution in [1.82, 2.24) is 20.6 Å². The van der Waals surface area contributed by atoms with Crippen LogP contribution in [0.3, 0.4) is 0 Å². The Bertz CT molecular complexity index is 207. The van der Waals surface area contributed by atoms with Gasteiger partial charge in [-0.3, -0.25) is 0 Å². The molecule has 1 N–H and O–H groups in total. The maximum absolute atomic E-state index is 8.33. The molecule has 0 aliphatic heterocycles. The van der Waals surface area contributed by atoms with Crippen LogP contribution in [0.5, 0.6) is 0 Å². The van der Waals surface area contributed by atoms with E-state index < -0.39 is 0 Å². The molecule has 0 radical (unpaired) electrons. The van der Waals surface area contributed by atoms with Gasteiger partial charge in [0.15, 0.2) is 5.82 Å². The summed E-state index contributed by atoms with van der Waals surface area (Å²) in [5, 5.41) is 21.1. The smallest absolute Gasteiger partial charge is 0.191 e. The van der Waals surface area contributed by atoms with Crippen LogP contribution in [-0.4, -0.2) is 20.6 Å². The van der Waals surface area contributed by atoms with Crippen molar-refractivity contribution >= 4 is 0 Å². The largest absolute Gasteiger partial charge is 0.198 e. The molecule has 0 aliphatic carbocycles. The topological polar surface area (TPSA) is 78.2 Å². The fraction of sp³-hybridized carbons (Fsp3) is 0.500. The van der Waals surface area contributed by atoms with Gasteiger partial charge in [-0.1, -0.05) is 5.21 Å². The number of nitriles is 1. The molecule has 1 aromatic rings. The Hall–Kier alpha value is -1.44. The predicted molar refractivity (Wildman–Crippen MR) is 28.2 cm³/mol. The fourth-order valence-electron chi connectivity index (χ4n) is 0.411. The van der Waals surface area contributed by atoms with Crippen molar-refractivity contribution in [3.63, 3.8) is 0 Å². The predicted octanol–water partition coefficient (Wildman–Crippen LogP) is -0.173. The molecule has 0 aliphatic rings. The highest BCUT2D eigenvalue weighted by molar-refractivity contribution is 5.01. The van der Waals surface area contributed by atoms with E-state index in [-0.39, 0.29) is 5.92 Å². The van der Waals surface area contributed by atoms with Gasteiger partial charge in [0.1, 0.15) is 5.92 Å².